The number of halogens is 1. The highest BCUT2D eigenvalue weighted by molar-refractivity contribution is 5.92. The molecule has 1 aromatic rings. The molecule has 2 N–H and O–H groups in total. The molecule has 6 heteroatoms. The van der Waals surface area contributed by atoms with E-state index in [-0.39, 0.29) is 29.8 Å². The van der Waals surface area contributed by atoms with E-state index in [1.807, 2.05) is 6.92 Å². The molecule has 1 amide bonds. The van der Waals surface area contributed by atoms with Gasteiger partial charge in [-0.3, -0.25) is 9.59 Å². The fourth-order valence-electron chi connectivity index (χ4n) is 1.33. The fraction of sp³-hybridized carbons (Fsp3) is 0.455. The van der Waals surface area contributed by atoms with E-state index in [4.69, 9.17) is 0 Å². The standard InChI is InChI=1S/C11H17N3O2.ClH/c1-8(6-12-2)11(16)13-9-4-5-10(15)14(3)7-9;/h4-5,7-8,12H,6H2,1-3H3,(H,13,16);1H. The Balaban J connectivity index is 0.00000256. The van der Waals surface area contributed by atoms with E-state index in [0.717, 1.165) is 0 Å². The number of aromatic nitrogens is 1. The molecule has 17 heavy (non-hydrogen) atoms. The minimum absolute atomic E-state index is 0. The van der Waals surface area contributed by atoms with Crippen molar-refractivity contribution in [1.82, 2.24) is 9.88 Å². The maximum Gasteiger partial charge on any atom is 0.250 e. The summed E-state index contributed by atoms with van der Waals surface area (Å²) in [6.45, 7) is 2.46. The van der Waals surface area contributed by atoms with E-state index in [1.54, 1.807) is 26.4 Å². The molecule has 1 unspecified atom stereocenters. The molecule has 1 heterocycles. The maximum absolute atomic E-state index is 11.7. The summed E-state index contributed by atoms with van der Waals surface area (Å²) in [6.07, 6.45) is 1.60. The second-order valence-electron chi connectivity index (χ2n) is 3.81. The monoisotopic (exact) mass is 259 g/mol. The van der Waals surface area contributed by atoms with Crippen molar-refractivity contribution in [2.24, 2.45) is 13.0 Å². The van der Waals surface area contributed by atoms with Gasteiger partial charge in [-0.05, 0) is 13.1 Å². The molecule has 5 nitrogen and oxygen atoms in total. The van der Waals surface area contributed by atoms with E-state index >= 15 is 0 Å². The van der Waals surface area contributed by atoms with Crippen molar-refractivity contribution >= 4 is 24.0 Å². The van der Waals surface area contributed by atoms with Gasteiger partial charge in [0, 0.05) is 31.8 Å². The van der Waals surface area contributed by atoms with Crippen LogP contribution in [-0.4, -0.2) is 24.1 Å². The van der Waals surface area contributed by atoms with Crippen LogP contribution in [0.3, 0.4) is 0 Å². The van der Waals surface area contributed by atoms with Crippen molar-refractivity contribution in [3.63, 3.8) is 0 Å². The minimum atomic E-state index is -0.109. The van der Waals surface area contributed by atoms with Crippen LogP contribution in [0.4, 0.5) is 5.69 Å². The topological polar surface area (TPSA) is 63.1 Å². The summed E-state index contributed by atoms with van der Waals surface area (Å²) in [5.74, 6) is -0.171. The Morgan fingerprint density at radius 1 is 1.47 bits per heavy atom. The van der Waals surface area contributed by atoms with Crippen LogP contribution in [0.2, 0.25) is 0 Å². The fourth-order valence-corrected chi connectivity index (χ4v) is 1.33. The lowest BCUT2D eigenvalue weighted by molar-refractivity contribution is -0.119. The highest BCUT2D eigenvalue weighted by atomic mass is 35.5. The van der Waals surface area contributed by atoms with E-state index in [1.165, 1.54) is 10.6 Å². The van der Waals surface area contributed by atoms with Gasteiger partial charge in [-0.25, -0.2) is 0 Å². The van der Waals surface area contributed by atoms with Gasteiger partial charge in [0.05, 0.1) is 5.69 Å². The molecule has 96 valence electrons. The molecule has 0 radical (unpaired) electrons. The molecule has 0 aliphatic rings. The molecule has 1 aromatic heterocycles. The normalized spacial score (nSPS) is 11.5. The predicted molar refractivity (Wildman–Crippen MR) is 70.7 cm³/mol. The average molecular weight is 260 g/mol. The quantitative estimate of drug-likeness (QED) is 0.833. The zero-order chi connectivity index (χ0) is 12.1. The lowest BCUT2D eigenvalue weighted by atomic mass is 10.1. The molecule has 1 atom stereocenters. The van der Waals surface area contributed by atoms with E-state index in [2.05, 4.69) is 10.6 Å². The second kappa shape index (κ2) is 7.09. The SMILES string of the molecule is CNCC(C)C(=O)Nc1ccc(=O)n(C)c1.Cl. The van der Waals surface area contributed by atoms with Gasteiger partial charge < -0.3 is 15.2 Å². The molecule has 0 aromatic carbocycles. The zero-order valence-corrected chi connectivity index (χ0v) is 11.0. The lowest BCUT2D eigenvalue weighted by Gasteiger charge is -2.11. The molecule has 0 saturated carbocycles. The minimum Gasteiger partial charge on any atom is -0.325 e. The molecule has 0 aliphatic heterocycles. The van der Waals surface area contributed by atoms with Gasteiger partial charge in [0.25, 0.3) is 0 Å². The third kappa shape index (κ3) is 4.58. The first-order valence-electron chi connectivity index (χ1n) is 5.16. The van der Waals surface area contributed by atoms with Crippen LogP contribution in [0.25, 0.3) is 0 Å². The highest BCUT2D eigenvalue weighted by Crippen LogP contribution is 2.05. The van der Waals surface area contributed by atoms with E-state index in [9.17, 15) is 9.59 Å². The first-order chi connectivity index (χ1) is 7.54. The molecule has 0 spiro atoms. The number of rotatable bonds is 4. The largest absolute Gasteiger partial charge is 0.325 e. The number of carbonyl (C=O) groups excluding carboxylic acids is 1. The smallest absolute Gasteiger partial charge is 0.250 e. The summed E-state index contributed by atoms with van der Waals surface area (Å²) in [6, 6.07) is 3.03. The number of anilines is 1. The van der Waals surface area contributed by atoms with Crippen molar-refractivity contribution in [2.75, 3.05) is 18.9 Å². The number of nitrogens with one attached hydrogen (secondary N) is 2. The number of pyridine rings is 1. The Kier molecular flexibility index (Phi) is 6.53. The molecule has 0 fully saturated rings. The van der Waals surface area contributed by atoms with Crippen LogP contribution in [-0.2, 0) is 11.8 Å². The van der Waals surface area contributed by atoms with Gasteiger partial charge in [0.1, 0.15) is 0 Å². The molecular formula is C11H18ClN3O2. The first-order valence-corrected chi connectivity index (χ1v) is 5.16. The van der Waals surface area contributed by atoms with Gasteiger partial charge in [0.2, 0.25) is 11.5 Å². The van der Waals surface area contributed by atoms with Crippen LogP contribution < -0.4 is 16.2 Å². The summed E-state index contributed by atoms with van der Waals surface area (Å²) >= 11 is 0. The number of nitrogens with zero attached hydrogens (tertiary/aromatic N) is 1. The van der Waals surface area contributed by atoms with Crippen LogP contribution in [0.15, 0.2) is 23.1 Å². The Morgan fingerprint density at radius 2 is 2.12 bits per heavy atom. The van der Waals surface area contributed by atoms with Gasteiger partial charge in [-0.1, -0.05) is 6.92 Å². The van der Waals surface area contributed by atoms with E-state index < -0.39 is 0 Å². The molecule has 0 bridgehead atoms. The number of amides is 1. The van der Waals surface area contributed by atoms with Gasteiger partial charge in [-0.15, -0.1) is 12.4 Å². The highest BCUT2D eigenvalue weighted by Gasteiger charge is 2.11. The Hall–Kier alpha value is -1.33. The zero-order valence-electron chi connectivity index (χ0n) is 10.2. The summed E-state index contributed by atoms with van der Waals surface area (Å²) in [5, 5.41) is 5.69. The van der Waals surface area contributed by atoms with Crippen LogP contribution in [0.1, 0.15) is 6.92 Å². The van der Waals surface area contributed by atoms with Crippen LogP contribution in [0, 0.1) is 5.92 Å². The third-order valence-electron chi connectivity index (χ3n) is 2.31. The average Bonchev–Trinajstić information content (AvgIpc) is 2.24. The van der Waals surface area contributed by atoms with Gasteiger partial charge in [0.15, 0.2) is 0 Å². The Labute approximate surface area is 107 Å². The van der Waals surface area contributed by atoms with Crippen molar-refractivity contribution < 1.29 is 4.79 Å². The van der Waals surface area contributed by atoms with Crippen LogP contribution >= 0.6 is 12.4 Å². The van der Waals surface area contributed by atoms with Crippen molar-refractivity contribution in [1.29, 1.82) is 0 Å². The Morgan fingerprint density at radius 3 is 2.65 bits per heavy atom. The summed E-state index contributed by atoms with van der Waals surface area (Å²) in [7, 11) is 3.45. The summed E-state index contributed by atoms with van der Waals surface area (Å²) in [4.78, 5) is 22.8. The number of aryl methyl sites for hydroxylation is 1. The van der Waals surface area contributed by atoms with Crippen molar-refractivity contribution in [3.05, 3.63) is 28.7 Å². The number of carbonyl (C=O) groups is 1. The van der Waals surface area contributed by atoms with E-state index in [0.29, 0.717) is 12.2 Å². The Bertz CT molecular complexity index is 431. The number of hydrogen-bond donors (Lipinski definition) is 2. The van der Waals surface area contributed by atoms with Crippen LogP contribution in [0.5, 0.6) is 0 Å². The van der Waals surface area contributed by atoms with Crippen molar-refractivity contribution in [2.45, 2.75) is 6.92 Å². The first kappa shape index (κ1) is 15.7. The maximum atomic E-state index is 11.7. The summed E-state index contributed by atoms with van der Waals surface area (Å²) < 4.78 is 1.43. The second-order valence-corrected chi connectivity index (χ2v) is 3.81. The molecular weight excluding hydrogens is 242 g/mol. The third-order valence-corrected chi connectivity index (χ3v) is 2.31. The molecule has 0 saturated heterocycles. The van der Waals surface area contributed by atoms with Gasteiger partial charge >= 0.3 is 0 Å². The molecule has 1 rings (SSSR count). The number of hydrogen-bond acceptors (Lipinski definition) is 3. The lowest BCUT2D eigenvalue weighted by Crippen LogP contribution is -2.29. The molecule has 0 aliphatic carbocycles. The summed E-state index contributed by atoms with van der Waals surface area (Å²) in [5.41, 5.74) is 0.538. The van der Waals surface area contributed by atoms with Gasteiger partial charge in [-0.2, -0.15) is 0 Å². The van der Waals surface area contributed by atoms with Crippen molar-refractivity contribution in [3.8, 4) is 0 Å². The predicted octanol–water partition coefficient (Wildman–Crippen LogP) is 0.601.